The Morgan fingerprint density at radius 1 is 0.871 bits per heavy atom. The number of hydrogen-bond acceptors (Lipinski definition) is 6. The average molecular weight is 423 g/mol. The van der Waals surface area contributed by atoms with Gasteiger partial charge >= 0.3 is 0 Å². The number of anilines is 2. The number of piperazine rings is 2. The Kier molecular flexibility index (Phi) is 7.51. The van der Waals surface area contributed by atoms with Crippen LogP contribution in [0.4, 0.5) is 11.4 Å². The molecule has 0 radical (unpaired) electrons. The maximum atomic E-state index is 12.5. The lowest BCUT2D eigenvalue weighted by Crippen LogP contribution is -2.48. The molecule has 3 heterocycles. The number of nitrogens with zero attached hydrogens (tertiary/aromatic N) is 5. The van der Waals surface area contributed by atoms with Crippen LogP contribution in [0.2, 0.25) is 0 Å². The number of carbonyl (C=O) groups excluding carboxylic acids is 1. The highest BCUT2D eigenvalue weighted by Gasteiger charge is 2.20. The first-order valence-electron chi connectivity index (χ1n) is 11.4. The van der Waals surface area contributed by atoms with Crippen molar-refractivity contribution in [2.75, 3.05) is 75.7 Å². The van der Waals surface area contributed by atoms with Gasteiger partial charge in [-0.2, -0.15) is 0 Å². The standard InChI is InChI=1S/C24H34N6O/c1-2-27-15-17-30(18-16-27)23-8-6-21(7-9-23)26-24(31)20-29-13-11-28(12-14-29)19-22-5-3-4-10-25-22/h3-10H,2,11-20H2,1H3,(H,26,31). The largest absolute Gasteiger partial charge is 0.369 e. The molecule has 0 spiro atoms. The van der Waals surface area contributed by atoms with Crippen LogP contribution in [0, 0.1) is 0 Å². The smallest absolute Gasteiger partial charge is 0.238 e. The third-order valence-electron chi connectivity index (χ3n) is 6.28. The van der Waals surface area contributed by atoms with Gasteiger partial charge in [0, 0.05) is 76.5 Å². The van der Waals surface area contributed by atoms with E-state index in [9.17, 15) is 4.79 Å². The zero-order valence-electron chi connectivity index (χ0n) is 18.5. The van der Waals surface area contributed by atoms with Gasteiger partial charge in [-0.05, 0) is 42.9 Å². The summed E-state index contributed by atoms with van der Waals surface area (Å²) in [5.74, 6) is 0.0579. The molecular weight excluding hydrogens is 388 g/mol. The Labute approximate surface area is 185 Å². The van der Waals surface area contributed by atoms with Gasteiger partial charge in [-0.15, -0.1) is 0 Å². The van der Waals surface area contributed by atoms with Gasteiger partial charge in [-0.25, -0.2) is 0 Å². The molecule has 4 rings (SSSR count). The molecule has 166 valence electrons. The Morgan fingerprint density at radius 3 is 2.19 bits per heavy atom. The number of likely N-dealkylation sites (N-methyl/N-ethyl adjacent to an activating group) is 1. The van der Waals surface area contributed by atoms with Gasteiger partial charge < -0.3 is 15.1 Å². The average Bonchev–Trinajstić information content (AvgIpc) is 2.82. The summed E-state index contributed by atoms with van der Waals surface area (Å²) in [4.78, 5) is 26.4. The summed E-state index contributed by atoms with van der Waals surface area (Å²) >= 11 is 0. The maximum absolute atomic E-state index is 12.5. The molecule has 0 unspecified atom stereocenters. The summed E-state index contributed by atoms with van der Waals surface area (Å²) in [5, 5.41) is 3.06. The molecule has 0 saturated carbocycles. The van der Waals surface area contributed by atoms with Crippen LogP contribution in [-0.4, -0.2) is 91.0 Å². The zero-order valence-corrected chi connectivity index (χ0v) is 18.5. The monoisotopic (exact) mass is 422 g/mol. The van der Waals surface area contributed by atoms with E-state index in [-0.39, 0.29) is 5.91 Å². The molecular formula is C24H34N6O. The molecule has 2 aliphatic rings. The second-order valence-electron chi connectivity index (χ2n) is 8.39. The van der Waals surface area contributed by atoms with Crippen molar-refractivity contribution in [1.82, 2.24) is 19.7 Å². The molecule has 1 aromatic carbocycles. The van der Waals surface area contributed by atoms with Crippen molar-refractivity contribution < 1.29 is 4.79 Å². The number of hydrogen-bond donors (Lipinski definition) is 1. The quantitative estimate of drug-likeness (QED) is 0.737. The molecule has 7 nitrogen and oxygen atoms in total. The summed E-state index contributed by atoms with van der Waals surface area (Å²) in [6.07, 6.45) is 1.84. The van der Waals surface area contributed by atoms with E-state index in [0.29, 0.717) is 6.54 Å². The van der Waals surface area contributed by atoms with E-state index in [1.165, 1.54) is 5.69 Å². The lowest BCUT2D eigenvalue weighted by atomic mass is 10.2. The Hall–Kier alpha value is -2.48. The number of nitrogens with one attached hydrogen (secondary N) is 1. The normalized spacial score (nSPS) is 18.8. The van der Waals surface area contributed by atoms with Gasteiger partial charge in [-0.1, -0.05) is 13.0 Å². The van der Waals surface area contributed by atoms with Crippen LogP contribution in [0.1, 0.15) is 12.6 Å². The number of amides is 1. The molecule has 1 N–H and O–H groups in total. The van der Waals surface area contributed by atoms with E-state index in [1.54, 1.807) is 0 Å². The minimum absolute atomic E-state index is 0.0579. The number of benzene rings is 1. The molecule has 0 atom stereocenters. The van der Waals surface area contributed by atoms with Crippen LogP contribution in [0.15, 0.2) is 48.7 Å². The van der Waals surface area contributed by atoms with Crippen molar-refractivity contribution in [3.05, 3.63) is 54.4 Å². The van der Waals surface area contributed by atoms with Crippen LogP contribution in [0.5, 0.6) is 0 Å². The van der Waals surface area contributed by atoms with E-state index in [1.807, 2.05) is 30.5 Å². The summed E-state index contributed by atoms with van der Waals surface area (Å²) in [6, 6.07) is 14.3. The highest BCUT2D eigenvalue weighted by molar-refractivity contribution is 5.92. The first-order chi connectivity index (χ1) is 15.2. The SMILES string of the molecule is CCN1CCN(c2ccc(NC(=O)CN3CCN(Cc4ccccn4)CC3)cc2)CC1. The number of aromatic nitrogens is 1. The van der Waals surface area contributed by atoms with Gasteiger partial charge in [-0.3, -0.25) is 19.6 Å². The number of rotatable bonds is 7. The predicted octanol–water partition coefficient (Wildman–Crippen LogP) is 1.98. The molecule has 1 amide bonds. The molecule has 31 heavy (non-hydrogen) atoms. The van der Waals surface area contributed by atoms with Crippen LogP contribution in [-0.2, 0) is 11.3 Å². The molecule has 1 aromatic heterocycles. The second kappa shape index (κ2) is 10.7. The zero-order chi connectivity index (χ0) is 21.5. The van der Waals surface area contributed by atoms with Crippen molar-refractivity contribution in [2.24, 2.45) is 0 Å². The Balaban J connectivity index is 1.19. The highest BCUT2D eigenvalue weighted by Crippen LogP contribution is 2.19. The van der Waals surface area contributed by atoms with E-state index < -0.39 is 0 Å². The summed E-state index contributed by atoms with van der Waals surface area (Å²) in [5.41, 5.74) is 3.21. The van der Waals surface area contributed by atoms with Crippen LogP contribution >= 0.6 is 0 Å². The van der Waals surface area contributed by atoms with Crippen molar-refractivity contribution in [1.29, 1.82) is 0 Å². The topological polar surface area (TPSA) is 55.0 Å². The fourth-order valence-corrected chi connectivity index (χ4v) is 4.31. The third kappa shape index (κ3) is 6.26. The van der Waals surface area contributed by atoms with E-state index in [0.717, 1.165) is 76.8 Å². The fraction of sp³-hybridized carbons (Fsp3) is 0.500. The van der Waals surface area contributed by atoms with E-state index >= 15 is 0 Å². The Morgan fingerprint density at radius 2 is 1.55 bits per heavy atom. The summed E-state index contributed by atoms with van der Waals surface area (Å²) in [6.45, 7) is 12.7. The second-order valence-corrected chi connectivity index (χ2v) is 8.39. The van der Waals surface area contributed by atoms with Crippen LogP contribution < -0.4 is 10.2 Å². The van der Waals surface area contributed by atoms with Crippen LogP contribution in [0.25, 0.3) is 0 Å². The number of carbonyl (C=O) groups is 1. The van der Waals surface area contributed by atoms with Crippen molar-refractivity contribution in [3.63, 3.8) is 0 Å². The molecule has 2 fully saturated rings. The minimum atomic E-state index is 0.0579. The first kappa shape index (κ1) is 21.7. The number of pyridine rings is 1. The van der Waals surface area contributed by atoms with Crippen LogP contribution in [0.3, 0.4) is 0 Å². The lowest BCUT2D eigenvalue weighted by Gasteiger charge is -2.35. The minimum Gasteiger partial charge on any atom is -0.369 e. The predicted molar refractivity (Wildman–Crippen MR) is 125 cm³/mol. The maximum Gasteiger partial charge on any atom is 0.238 e. The van der Waals surface area contributed by atoms with E-state index in [2.05, 4.69) is 55.0 Å². The van der Waals surface area contributed by atoms with E-state index in [4.69, 9.17) is 0 Å². The summed E-state index contributed by atoms with van der Waals surface area (Å²) < 4.78 is 0. The summed E-state index contributed by atoms with van der Waals surface area (Å²) in [7, 11) is 0. The van der Waals surface area contributed by atoms with Gasteiger partial charge in [0.25, 0.3) is 0 Å². The highest BCUT2D eigenvalue weighted by atomic mass is 16.2. The molecule has 2 aromatic rings. The first-order valence-corrected chi connectivity index (χ1v) is 11.4. The van der Waals surface area contributed by atoms with Crippen molar-refractivity contribution in [3.8, 4) is 0 Å². The fourth-order valence-electron chi connectivity index (χ4n) is 4.31. The molecule has 0 aliphatic carbocycles. The van der Waals surface area contributed by atoms with Crippen molar-refractivity contribution >= 4 is 17.3 Å². The van der Waals surface area contributed by atoms with Gasteiger partial charge in [0.2, 0.25) is 5.91 Å². The van der Waals surface area contributed by atoms with Gasteiger partial charge in [0.15, 0.2) is 0 Å². The molecule has 0 bridgehead atoms. The Bertz CT molecular complexity index is 812. The lowest BCUT2D eigenvalue weighted by molar-refractivity contribution is -0.117. The van der Waals surface area contributed by atoms with Gasteiger partial charge in [0.1, 0.15) is 0 Å². The van der Waals surface area contributed by atoms with Gasteiger partial charge in [0.05, 0.1) is 12.2 Å². The molecule has 2 aliphatic heterocycles. The van der Waals surface area contributed by atoms with Crippen molar-refractivity contribution in [2.45, 2.75) is 13.5 Å². The third-order valence-corrected chi connectivity index (χ3v) is 6.28. The molecule has 7 heteroatoms. The molecule has 2 saturated heterocycles.